The van der Waals surface area contributed by atoms with Gasteiger partial charge in [0.25, 0.3) is 0 Å². The van der Waals surface area contributed by atoms with E-state index in [0.29, 0.717) is 11.3 Å². The van der Waals surface area contributed by atoms with Crippen LogP contribution in [-0.4, -0.2) is 16.1 Å². The van der Waals surface area contributed by atoms with Crippen LogP contribution in [0.4, 0.5) is 0 Å². The summed E-state index contributed by atoms with van der Waals surface area (Å²) in [7, 11) is 0. The fourth-order valence-electron chi connectivity index (χ4n) is 2.37. The third kappa shape index (κ3) is 5.03. The fourth-order valence-corrected chi connectivity index (χ4v) is 2.37. The number of para-hydroxylation sites is 1. The third-order valence-electron chi connectivity index (χ3n) is 3.86. The zero-order valence-electron chi connectivity index (χ0n) is 14.6. The molecule has 0 fully saturated rings. The van der Waals surface area contributed by atoms with Gasteiger partial charge in [-0.3, -0.25) is 4.98 Å². The molecule has 0 aliphatic carbocycles. The average Bonchev–Trinajstić information content (AvgIpc) is 2.73. The molecule has 0 amide bonds. The highest BCUT2D eigenvalue weighted by molar-refractivity contribution is 5.89. The number of benzene rings is 2. The van der Waals surface area contributed by atoms with Crippen molar-refractivity contribution in [1.29, 1.82) is 0 Å². The van der Waals surface area contributed by atoms with Crippen molar-refractivity contribution >= 4 is 5.97 Å². The first-order valence-electron chi connectivity index (χ1n) is 8.39. The number of aliphatic hydroxyl groups excluding tert-OH is 1. The normalized spacial score (nSPS) is 11.4. The number of pyridine rings is 1. The first-order valence-corrected chi connectivity index (χ1v) is 8.39. The van der Waals surface area contributed by atoms with Crippen LogP contribution in [0.1, 0.15) is 17.2 Å². The summed E-state index contributed by atoms with van der Waals surface area (Å²) in [5.41, 5.74) is 1.25. The van der Waals surface area contributed by atoms with E-state index < -0.39 is 12.1 Å². The first-order chi connectivity index (χ1) is 13.1. The van der Waals surface area contributed by atoms with Gasteiger partial charge in [0, 0.05) is 18.0 Å². The molecule has 3 rings (SSSR count). The van der Waals surface area contributed by atoms with Crippen LogP contribution >= 0.6 is 0 Å². The number of carbonyl (C=O) groups is 1. The SMILES string of the molecule is C=C(C(=O)OCc1ccc(Oc2ccccc2)cc1)C(O)c1cccnc1. The van der Waals surface area contributed by atoms with Gasteiger partial charge < -0.3 is 14.6 Å². The van der Waals surface area contributed by atoms with Gasteiger partial charge in [-0.25, -0.2) is 4.79 Å². The van der Waals surface area contributed by atoms with Crippen LogP contribution in [0, 0.1) is 0 Å². The Kier molecular flexibility index (Phi) is 5.97. The van der Waals surface area contributed by atoms with E-state index in [1.165, 1.54) is 6.20 Å². The second-order valence-electron chi connectivity index (χ2n) is 5.85. The fraction of sp³-hybridized carbons (Fsp3) is 0.0909. The van der Waals surface area contributed by atoms with E-state index in [0.717, 1.165) is 11.3 Å². The Labute approximate surface area is 157 Å². The summed E-state index contributed by atoms with van der Waals surface area (Å²) in [5, 5.41) is 10.2. The Balaban J connectivity index is 1.53. The van der Waals surface area contributed by atoms with Gasteiger partial charge in [-0.05, 0) is 35.9 Å². The smallest absolute Gasteiger partial charge is 0.336 e. The number of aliphatic hydroxyl groups is 1. The van der Waals surface area contributed by atoms with Crippen LogP contribution in [0.5, 0.6) is 11.5 Å². The van der Waals surface area contributed by atoms with Gasteiger partial charge in [0.1, 0.15) is 24.2 Å². The van der Waals surface area contributed by atoms with Gasteiger partial charge in [0.05, 0.1) is 5.57 Å². The quantitative estimate of drug-likeness (QED) is 0.504. The highest BCUT2D eigenvalue weighted by atomic mass is 16.5. The molecule has 0 aliphatic heterocycles. The van der Waals surface area contributed by atoms with Crippen LogP contribution in [0.3, 0.4) is 0 Å². The molecule has 3 aromatic rings. The van der Waals surface area contributed by atoms with Crippen molar-refractivity contribution in [2.45, 2.75) is 12.7 Å². The monoisotopic (exact) mass is 361 g/mol. The lowest BCUT2D eigenvalue weighted by Crippen LogP contribution is -2.14. The molecule has 1 heterocycles. The molecule has 1 atom stereocenters. The molecule has 1 unspecified atom stereocenters. The number of hydrogen-bond donors (Lipinski definition) is 1. The van der Waals surface area contributed by atoms with E-state index in [1.807, 2.05) is 42.5 Å². The van der Waals surface area contributed by atoms with Crippen LogP contribution in [0.15, 0.2) is 91.3 Å². The van der Waals surface area contributed by atoms with E-state index >= 15 is 0 Å². The molecular formula is C22H19NO4. The molecular weight excluding hydrogens is 342 g/mol. The molecule has 0 saturated heterocycles. The Hall–Kier alpha value is -3.44. The third-order valence-corrected chi connectivity index (χ3v) is 3.86. The number of nitrogens with zero attached hydrogens (tertiary/aromatic N) is 1. The first kappa shape index (κ1) is 18.4. The predicted molar refractivity (Wildman–Crippen MR) is 101 cm³/mol. The highest BCUT2D eigenvalue weighted by Gasteiger charge is 2.19. The van der Waals surface area contributed by atoms with Crippen molar-refractivity contribution in [3.05, 3.63) is 102 Å². The zero-order chi connectivity index (χ0) is 19.1. The second kappa shape index (κ2) is 8.78. The molecule has 0 bridgehead atoms. The van der Waals surface area contributed by atoms with Crippen molar-refractivity contribution < 1.29 is 19.4 Å². The van der Waals surface area contributed by atoms with E-state index in [2.05, 4.69) is 11.6 Å². The minimum absolute atomic E-state index is 0.0352. The van der Waals surface area contributed by atoms with Crippen LogP contribution in [0.2, 0.25) is 0 Å². The lowest BCUT2D eigenvalue weighted by molar-refractivity contribution is -0.141. The Morgan fingerprint density at radius 3 is 2.37 bits per heavy atom. The molecule has 5 heteroatoms. The number of rotatable bonds is 7. The zero-order valence-corrected chi connectivity index (χ0v) is 14.6. The van der Waals surface area contributed by atoms with E-state index in [1.54, 1.807) is 30.5 Å². The molecule has 5 nitrogen and oxygen atoms in total. The topological polar surface area (TPSA) is 68.7 Å². The number of hydrogen-bond acceptors (Lipinski definition) is 5. The maximum atomic E-state index is 12.1. The molecule has 2 aromatic carbocycles. The Morgan fingerprint density at radius 2 is 1.70 bits per heavy atom. The van der Waals surface area contributed by atoms with E-state index in [4.69, 9.17) is 9.47 Å². The van der Waals surface area contributed by atoms with Crippen molar-refractivity contribution in [1.82, 2.24) is 4.98 Å². The molecule has 27 heavy (non-hydrogen) atoms. The van der Waals surface area contributed by atoms with E-state index in [-0.39, 0.29) is 12.2 Å². The molecule has 0 radical (unpaired) electrons. The highest BCUT2D eigenvalue weighted by Crippen LogP contribution is 2.23. The van der Waals surface area contributed by atoms with Gasteiger partial charge in [0.15, 0.2) is 0 Å². The van der Waals surface area contributed by atoms with Gasteiger partial charge >= 0.3 is 5.97 Å². The molecule has 1 N–H and O–H groups in total. The number of esters is 1. The lowest BCUT2D eigenvalue weighted by Gasteiger charge is -2.13. The summed E-state index contributed by atoms with van der Waals surface area (Å²) < 4.78 is 10.9. The molecule has 136 valence electrons. The minimum atomic E-state index is -1.15. The van der Waals surface area contributed by atoms with Gasteiger partial charge in [-0.1, -0.05) is 43.0 Å². The van der Waals surface area contributed by atoms with Crippen molar-refractivity contribution in [2.75, 3.05) is 0 Å². The van der Waals surface area contributed by atoms with Crippen molar-refractivity contribution in [2.24, 2.45) is 0 Å². The summed E-state index contributed by atoms with van der Waals surface area (Å²) in [5.74, 6) is 0.779. The minimum Gasteiger partial charge on any atom is -0.457 e. The van der Waals surface area contributed by atoms with E-state index in [9.17, 15) is 9.90 Å². The molecule has 0 aliphatic rings. The molecule has 0 saturated carbocycles. The summed E-state index contributed by atoms with van der Waals surface area (Å²) in [6, 6.07) is 20.0. The molecule has 1 aromatic heterocycles. The number of carbonyl (C=O) groups excluding carboxylic acids is 1. The Morgan fingerprint density at radius 1 is 1.00 bits per heavy atom. The maximum absolute atomic E-state index is 12.1. The second-order valence-corrected chi connectivity index (χ2v) is 5.85. The van der Waals surface area contributed by atoms with Gasteiger partial charge in [-0.2, -0.15) is 0 Å². The van der Waals surface area contributed by atoms with Crippen molar-refractivity contribution in [3.63, 3.8) is 0 Å². The van der Waals surface area contributed by atoms with Gasteiger partial charge in [0.2, 0.25) is 0 Å². The van der Waals surface area contributed by atoms with Crippen molar-refractivity contribution in [3.8, 4) is 11.5 Å². The summed E-state index contributed by atoms with van der Waals surface area (Å²) in [6.07, 6.45) is 1.92. The average molecular weight is 361 g/mol. The summed E-state index contributed by atoms with van der Waals surface area (Å²) in [4.78, 5) is 16.0. The summed E-state index contributed by atoms with van der Waals surface area (Å²) in [6.45, 7) is 3.70. The lowest BCUT2D eigenvalue weighted by atomic mass is 10.1. The van der Waals surface area contributed by atoms with Crippen LogP contribution < -0.4 is 4.74 Å². The predicted octanol–water partition coefficient (Wildman–Crippen LogP) is 4.21. The number of aromatic nitrogens is 1. The largest absolute Gasteiger partial charge is 0.457 e. The standard InChI is InChI=1S/C22H19NO4/c1-16(21(24)18-6-5-13-23-14-18)22(25)26-15-17-9-11-20(12-10-17)27-19-7-3-2-4-8-19/h2-14,21,24H,1,15H2. The maximum Gasteiger partial charge on any atom is 0.336 e. The van der Waals surface area contributed by atoms with Crippen LogP contribution in [0.25, 0.3) is 0 Å². The Bertz CT molecular complexity index is 893. The number of ether oxygens (including phenoxy) is 2. The van der Waals surface area contributed by atoms with Crippen LogP contribution in [-0.2, 0) is 16.1 Å². The van der Waals surface area contributed by atoms with Gasteiger partial charge in [-0.15, -0.1) is 0 Å². The summed E-state index contributed by atoms with van der Waals surface area (Å²) >= 11 is 0. The molecule has 0 spiro atoms.